The predicted molar refractivity (Wildman–Crippen MR) is 106 cm³/mol. The second-order valence-corrected chi connectivity index (χ2v) is 6.55. The van der Waals surface area contributed by atoms with Crippen molar-refractivity contribution in [2.24, 2.45) is 0 Å². The molecule has 3 rings (SSSR count). The standard InChI is InChI=1S/C21H21N3O4/c1-13(2)28-16-9-7-14(8-10-16)18-12-19(24-23-18)22-20(25)11-15-5-3-4-6-17(15)21(26)27/h3-10,12-13H,11H2,1-2H3,(H,26,27)(H2,22,23,24,25). The Kier molecular flexibility index (Phi) is 5.74. The number of carbonyl (C=O) groups is 2. The SMILES string of the molecule is CC(C)Oc1ccc(-c2cc(NC(=O)Cc3ccccc3C(=O)O)n[nH]2)cc1. The number of aromatic nitrogens is 2. The number of carbonyl (C=O) groups excluding carboxylic acids is 1. The number of rotatable bonds is 7. The van der Waals surface area contributed by atoms with E-state index in [2.05, 4.69) is 15.5 Å². The lowest BCUT2D eigenvalue weighted by atomic mass is 10.0. The molecule has 3 aromatic rings. The Balaban J connectivity index is 1.66. The first-order chi connectivity index (χ1) is 13.4. The summed E-state index contributed by atoms with van der Waals surface area (Å²) < 4.78 is 5.62. The molecule has 7 nitrogen and oxygen atoms in total. The van der Waals surface area contributed by atoms with Gasteiger partial charge in [0.15, 0.2) is 5.82 Å². The van der Waals surface area contributed by atoms with E-state index in [-0.39, 0.29) is 24.0 Å². The molecule has 0 saturated carbocycles. The third-order valence-electron chi connectivity index (χ3n) is 3.98. The zero-order chi connectivity index (χ0) is 20.1. The quantitative estimate of drug-likeness (QED) is 0.580. The smallest absolute Gasteiger partial charge is 0.335 e. The fourth-order valence-electron chi connectivity index (χ4n) is 2.76. The van der Waals surface area contributed by atoms with E-state index in [1.807, 2.05) is 38.1 Å². The van der Waals surface area contributed by atoms with Crippen LogP contribution in [-0.4, -0.2) is 33.3 Å². The molecule has 0 atom stereocenters. The summed E-state index contributed by atoms with van der Waals surface area (Å²) in [5.74, 6) is -0.248. The number of carboxylic acids is 1. The van der Waals surface area contributed by atoms with Gasteiger partial charge in [-0.15, -0.1) is 0 Å². The van der Waals surface area contributed by atoms with E-state index in [0.29, 0.717) is 11.4 Å². The number of aromatic amines is 1. The number of H-pyrrole nitrogens is 1. The van der Waals surface area contributed by atoms with E-state index < -0.39 is 5.97 Å². The number of hydrogen-bond donors (Lipinski definition) is 3. The molecule has 144 valence electrons. The minimum atomic E-state index is -1.06. The van der Waals surface area contributed by atoms with Gasteiger partial charge in [0.2, 0.25) is 5.91 Å². The molecule has 7 heteroatoms. The summed E-state index contributed by atoms with van der Waals surface area (Å²) in [5, 5.41) is 18.9. The van der Waals surface area contributed by atoms with Crippen LogP contribution in [0.3, 0.4) is 0 Å². The van der Waals surface area contributed by atoms with Crippen LogP contribution < -0.4 is 10.1 Å². The molecule has 3 N–H and O–H groups in total. The number of nitrogens with zero attached hydrogens (tertiary/aromatic N) is 1. The van der Waals surface area contributed by atoms with Crippen molar-refractivity contribution in [2.45, 2.75) is 26.4 Å². The molecule has 0 spiro atoms. The van der Waals surface area contributed by atoms with Crippen LogP contribution in [0.1, 0.15) is 29.8 Å². The lowest BCUT2D eigenvalue weighted by Crippen LogP contribution is -2.16. The summed E-state index contributed by atoms with van der Waals surface area (Å²) in [5.41, 5.74) is 2.21. The third kappa shape index (κ3) is 4.76. The molecule has 0 aliphatic rings. The van der Waals surface area contributed by atoms with Crippen molar-refractivity contribution in [1.82, 2.24) is 10.2 Å². The fraction of sp³-hybridized carbons (Fsp3) is 0.190. The molecule has 0 unspecified atom stereocenters. The van der Waals surface area contributed by atoms with Gasteiger partial charge in [-0.05, 0) is 55.3 Å². The van der Waals surface area contributed by atoms with Crippen LogP contribution in [0.2, 0.25) is 0 Å². The average molecular weight is 379 g/mol. The molecule has 0 aliphatic heterocycles. The molecule has 28 heavy (non-hydrogen) atoms. The van der Waals surface area contributed by atoms with Crippen molar-refractivity contribution in [1.29, 1.82) is 0 Å². The zero-order valence-corrected chi connectivity index (χ0v) is 15.6. The molecule has 2 aromatic carbocycles. The van der Waals surface area contributed by atoms with Gasteiger partial charge in [-0.2, -0.15) is 5.10 Å². The molecule has 1 heterocycles. The number of amides is 1. The van der Waals surface area contributed by atoms with E-state index in [0.717, 1.165) is 17.0 Å². The van der Waals surface area contributed by atoms with Crippen molar-refractivity contribution in [2.75, 3.05) is 5.32 Å². The van der Waals surface area contributed by atoms with Gasteiger partial charge in [0.25, 0.3) is 0 Å². The number of nitrogens with one attached hydrogen (secondary N) is 2. The van der Waals surface area contributed by atoms with Gasteiger partial charge < -0.3 is 15.2 Å². The maximum absolute atomic E-state index is 12.3. The average Bonchev–Trinajstić information content (AvgIpc) is 3.10. The molecule has 0 aliphatic carbocycles. The van der Waals surface area contributed by atoms with Gasteiger partial charge in [0, 0.05) is 6.07 Å². The van der Waals surface area contributed by atoms with Gasteiger partial charge in [-0.1, -0.05) is 18.2 Å². The number of anilines is 1. The Morgan fingerprint density at radius 3 is 2.54 bits per heavy atom. The fourth-order valence-corrected chi connectivity index (χ4v) is 2.76. The number of hydrogen-bond acceptors (Lipinski definition) is 4. The second-order valence-electron chi connectivity index (χ2n) is 6.55. The molecule has 1 amide bonds. The van der Waals surface area contributed by atoms with E-state index >= 15 is 0 Å². The maximum Gasteiger partial charge on any atom is 0.335 e. The van der Waals surface area contributed by atoms with Crippen molar-refractivity contribution < 1.29 is 19.4 Å². The summed E-state index contributed by atoms with van der Waals surface area (Å²) in [6.45, 7) is 3.93. The highest BCUT2D eigenvalue weighted by Crippen LogP contribution is 2.23. The van der Waals surface area contributed by atoms with Gasteiger partial charge in [0.1, 0.15) is 5.75 Å². The molecule has 0 radical (unpaired) electrons. The lowest BCUT2D eigenvalue weighted by Gasteiger charge is -2.09. The molecular formula is C21H21N3O4. The van der Waals surface area contributed by atoms with Gasteiger partial charge in [-0.25, -0.2) is 4.79 Å². The van der Waals surface area contributed by atoms with Crippen molar-refractivity contribution in [3.8, 4) is 17.0 Å². The molecule has 1 aromatic heterocycles. The minimum Gasteiger partial charge on any atom is -0.491 e. The minimum absolute atomic E-state index is 0.0497. The van der Waals surface area contributed by atoms with Crippen LogP contribution in [0, 0.1) is 0 Å². The first-order valence-electron chi connectivity index (χ1n) is 8.86. The predicted octanol–water partition coefficient (Wildman–Crippen LogP) is 3.74. The molecular weight excluding hydrogens is 358 g/mol. The first-order valence-corrected chi connectivity index (χ1v) is 8.86. The van der Waals surface area contributed by atoms with E-state index in [4.69, 9.17) is 4.74 Å². The Morgan fingerprint density at radius 1 is 1.14 bits per heavy atom. The first kappa shape index (κ1) is 19.2. The highest BCUT2D eigenvalue weighted by molar-refractivity contribution is 5.95. The van der Waals surface area contributed by atoms with Crippen LogP contribution in [-0.2, 0) is 11.2 Å². The highest BCUT2D eigenvalue weighted by atomic mass is 16.5. The van der Waals surface area contributed by atoms with E-state index in [1.165, 1.54) is 6.07 Å². The lowest BCUT2D eigenvalue weighted by molar-refractivity contribution is -0.115. The highest BCUT2D eigenvalue weighted by Gasteiger charge is 2.14. The van der Waals surface area contributed by atoms with Crippen LogP contribution in [0.5, 0.6) is 5.75 Å². The second kappa shape index (κ2) is 8.39. The summed E-state index contributed by atoms with van der Waals surface area (Å²) in [6.07, 6.45) is 0.0532. The van der Waals surface area contributed by atoms with Crippen LogP contribution in [0.4, 0.5) is 5.82 Å². The van der Waals surface area contributed by atoms with Crippen LogP contribution in [0.15, 0.2) is 54.6 Å². The normalized spacial score (nSPS) is 10.7. The number of ether oxygens (including phenoxy) is 1. The summed E-state index contributed by atoms with van der Waals surface area (Å²) >= 11 is 0. The van der Waals surface area contributed by atoms with Gasteiger partial charge in [-0.3, -0.25) is 9.89 Å². The molecule has 0 fully saturated rings. The number of aromatic carboxylic acids is 1. The Labute approximate surface area is 162 Å². The Hall–Kier alpha value is -3.61. The van der Waals surface area contributed by atoms with E-state index in [1.54, 1.807) is 24.3 Å². The zero-order valence-electron chi connectivity index (χ0n) is 15.6. The van der Waals surface area contributed by atoms with Gasteiger partial charge in [0.05, 0.1) is 23.8 Å². The maximum atomic E-state index is 12.3. The van der Waals surface area contributed by atoms with Crippen molar-refractivity contribution in [3.05, 3.63) is 65.7 Å². The third-order valence-corrected chi connectivity index (χ3v) is 3.98. The van der Waals surface area contributed by atoms with Crippen LogP contribution in [0.25, 0.3) is 11.3 Å². The topological polar surface area (TPSA) is 104 Å². The van der Waals surface area contributed by atoms with Crippen molar-refractivity contribution in [3.63, 3.8) is 0 Å². The molecule has 0 saturated heterocycles. The summed E-state index contributed by atoms with van der Waals surface area (Å²) in [4.78, 5) is 23.5. The Bertz CT molecular complexity index is 977. The largest absolute Gasteiger partial charge is 0.491 e. The van der Waals surface area contributed by atoms with Gasteiger partial charge >= 0.3 is 5.97 Å². The van der Waals surface area contributed by atoms with Crippen LogP contribution >= 0.6 is 0 Å². The number of carboxylic acid groups (broad SMARTS) is 1. The molecule has 0 bridgehead atoms. The number of benzene rings is 2. The van der Waals surface area contributed by atoms with E-state index in [9.17, 15) is 14.7 Å². The summed E-state index contributed by atoms with van der Waals surface area (Å²) in [6, 6.07) is 15.7. The monoisotopic (exact) mass is 379 g/mol. The summed E-state index contributed by atoms with van der Waals surface area (Å²) in [7, 11) is 0. The van der Waals surface area contributed by atoms with Crippen molar-refractivity contribution >= 4 is 17.7 Å². The Morgan fingerprint density at radius 2 is 1.86 bits per heavy atom.